The third kappa shape index (κ3) is 3.44. The Morgan fingerprint density at radius 2 is 1.84 bits per heavy atom. The van der Waals surface area contributed by atoms with Gasteiger partial charge in [-0.1, -0.05) is 18.2 Å². The van der Waals surface area contributed by atoms with E-state index in [4.69, 9.17) is 14.2 Å². The van der Waals surface area contributed by atoms with E-state index in [1.54, 1.807) is 30.3 Å². The third-order valence-electron chi connectivity index (χ3n) is 5.99. The zero-order valence-corrected chi connectivity index (χ0v) is 17.1. The lowest BCUT2D eigenvalue weighted by molar-refractivity contribution is -0.120. The van der Waals surface area contributed by atoms with Gasteiger partial charge in [0.15, 0.2) is 17.3 Å². The number of ketones is 2. The molecular formula is C25H21NO5. The van der Waals surface area contributed by atoms with Crippen molar-refractivity contribution in [1.29, 1.82) is 0 Å². The first-order valence-corrected chi connectivity index (χ1v) is 10.2. The second-order valence-electron chi connectivity index (χ2n) is 7.82. The van der Waals surface area contributed by atoms with Crippen molar-refractivity contribution in [1.82, 2.24) is 4.98 Å². The second-order valence-corrected chi connectivity index (χ2v) is 7.82. The first kappa shape index (κ1) is 19.3. The van der Waals surface area contributed by atoms with Gasteiger partial charge in [0.1, 0.15) is 11.5 Å². The van der Waals surface area contributed by atoms with Crippen molar-refractivity contribution in [2.75, 3.05) is 13.9 Å². The van der Waals surface area contributed by atoms with E-state index >= 15 is 0 Å². The molecule has 6 nitrogen and oxygen atoms in total. The molecule has 1 aliphatic carbocycles. The number of methoxy groups -OCH3 is 1. The summed E-state index contributed by atoms with van der Waals surface area (Å²) in [5.41, 5.74) is 2.07. The minimum absolute atomic E-state index is 0.127. The molecule has 2 aliphatic rings. The van der Waals surface area contributed by atoms with Crippen LogP contribution in [0.1, 0.15) is 40.0 Å². The van der Waals surface area contributed by atoms with Crippen molar-refractivity contribution in [2.45, 2.75) is 24.7 Å². The summed E-state index contributed by atoms with van der Waals surface area (Å²) in [6.45, 7) is 0.212. The summed E-state index contributed by atoms with van der Waals surface area (Å²) in [4.78, 5) is 30.3. The number of nitrogens with zero attached hydrogens (tertiary/aromatic N) is 1. The largest absolute Gasteiger partial charge is 0.496 e. The van der Waals surface area contributed by atoms with E-state index in [-0.39, 0.29) is 24.8 Å². The Bertz CT molecular complexity index is 1160. The maximum atomic E-state index is 13.1. The van der Waals surface area contributed by atoms with Gasteiger partial charge in [0.05, 0.1) is 18.1 Å². The highest BCUT2D eigenvalue weighted by Crippen LogP contribution is 2.51. The summed E-state index contributed by atoms with van der Waals surface area (Å²) in [5.74, 6) is 1.88. The van der Waals surface area contributed by atoms with Crippen LogP contribution in [0.2, 0.25) is 0 Å². The lowest BCUT2D eigenvalue weighted by Crippen LogP contribution is -2.23. The topological polar surface area (TPSA) is 74.7 Å². The van der Waals surface area contributed by atoms with Crippen molar-refractivity contribution in [3.63, 3.8) is 0 Å². The SMILES string of the molecule is COc1ccccc1C(=O)c1ccc(CC(=O)C2(c3ccc4c(c3)OCO4)CC2)nc1. The highest BCUT2D eigenvalue weighted by Gasteiger charge is 2.50. The number of hydrogen-bond acceptors (Lipinski definition) is 6. The van der Waals surface area contributed by atoms with Crippen LogP contribution in [0.3, 0.4) is 0 Å². The van der Waals surface area contributed by atoms with Crippen LogP contribution in [0.25, 0.3) is 0 Å². The molecule has 1 fully saturated rings. The zero-order valence-electron chi connectivity index (χ0n) is 17.1. The van der Waals surface area contributed by atoms with Crippen LogP contribution in [0.15, 0.2) is 60.8 Å². The number of benzene rings is 2. The van der Waals surface area contributed by atoms with Crippen molar-refractivity contribution in [2.24, 2.45) is 0 Å². The Labute approximate surface area is 179 Å². The number of rotatable bonds is 7. The molecule has 5 rings (SSSR count). The van der Waals surface area contributed by atoms with Crippen LogP contribution in [0.4, 0.5) is 0 Å². The van der Waals surface area contributed by atoms with Gasteiger partial charge in [-0.25, -0.2) is 0 Å². The lowest BCUT2D eigenvalue weighted by Gasteiger charge is -2.15. The third-order valence-corrected chi connectivity index (χ3v) is 5.99. The molecule has 2 aromatic carbocycles. The predicted molar refractivity (Wildman–Crippen MR) is 113 cm³/mol. The number of carbonyl (C=O) groups is 2. The summed E-state index contributed by atoms with van der Waals surface area (Å²) >= 11 is 0. The number of carbonyl (C=O) groups excluding carboxylic acids is 2. The minimum Gasteiger partial charge on any atom is -0.496 e. The van der Waals surface area contributed by atoms with Crippen LogP contribution in [-0.4, -0.2) is 30.5 Å². The van der Waals surface area contributed by atoms with E-state index in [0.29, 0.717) is 34.1 Å². The Morgan fingerprint density at radius 3 is 2.58 bits per heavy atom. The lowest BCUT2D eigenvalue weighted by atomic mass is 9.88. The van der Waals surface area contributed by atoms with E-state index in [9.17, 15) is 9.59 Å². The maximum absolute atomic E-state index is 13.1. The molecule has 1 aliphatic heterocycles. The highest BCUT2D eigenvalue weighted by molar-refractivity contribution is 6.10. The first-order valence-electron chi connectivity index (χ1n) is 10.2. The monoisotopic (exact) mass is 415 g/mol. The van der Waals surface area contributed by atoms with Crippen LogP contribution in [-0.2, 0) is 16.6 Å². The molecule has 31 heavy (non-hydrogen) atoms. The molecule has 0 bridgehead atoms. The fourth-order valence-electron chi connectivity index (χ4n) is 4.03. The molecule has 6 heteroatoms. The average Bonchev–Trinajstić information content (AvgIpc) is 3.50. The number of hydrogen-bond donors (Lipinski definition) is 0. The van der Waals surface area contributed by atoms with Gasteiger partial charge >= 0.3 is 0 Å². The van der Waals surface area contributed by atoms with E-state index in [2.05, 4.69) is 4.98 Å². The smallest absolute Gasteiger partial charge is 0.231 e. The van der Waals surface area contributed by atoms with Gasteiger partial charge in [0.2, 0.25) is 6.79 Å². The average molecular weight is 415 g/mol. The molecule has 1 aromatic heterocycles. The van der Waals surface area contributed by atoms with E-state index in [1.807, 2.05) is 24.3 Å². The van der Waals surface area contributed by atoms with E-state index < -0.39 is 5.41 Å². The zero-order chi connectivity index (χ0) is 21.4. The molecule has 3 aromatic rings. The molecular weight excluding hydrogens is 394 g/mol. The Balaban J connectivity index is 1.32. The maximum Gasteiger partial charge on any atom is 0.231 e. The summed E-state index contributed by atoms with van der Waals surface area (Å²) in [7, 11) is 1.53. The van der Waals surface area contributed by atoms with Crippen LogP contribution < -0.4 is 14.2 Å². The van der Waals surface area contributed by atoms with Gasteiger partial charge in [0, 0.05) is 23.9 Å². The quantitative estimate of drug-likeness (QED) is 0.545. The van der Waals surface area contributed by atoms with Gasteiger partial charge in [0.25, 0.3) is 0 Å². The van der Waals surface area contributed by atoms with Gasteiger partial charge in [-0.05, 0) is 54.8 Å². The number of fused-ring (bicyclic) bond motifs is 1. The van der Waals surface area contributed by atoms with Gasteiger partial charge in [-0.15, -0.1) is 0 Å². The standard InChI is InChI=1S/C25H21NO5/c1-29-20-5-3-2-4-19(20)24(28)16-6-8-18(26-14-16)13-23(27)25(10-11-25)17-7-9-21-22(12-17)31-15-30-21/h2-9,12,14H,10-11,13,15H2,1H3. The van der Waals surface area contributed by atoms with Crippen LogP contribution >= 0.6 is 0 Å². The Hall–Kier alpha value is -3.67. The normalized spacial score (nSPS) is 15.4. The molecule has 156 valence electrons. The molecule has 0 spiro atoms. The summed E-state index contributed by atoms with van der Waals surface area (Å²) in [6, 6.07) is 16.3. The summed E-state index contributed by atoms with van der Waals surface area (Å²) in [6.07, 6.45) is 3.38. The number of pyridine rings is 1. The molecule has 0 unspecified atom stereocenters. The molecule has 2 heterocycles. The molecule has 0 atom stereocenters. The fourth-order valence-corrected chi connectivity index (χ4v) is 4.03. The van der Waals surface area contributed by atoms with E-state index in [0.717, 1.165) is 18.4 Å². The Kier molecular flexibility index (Phi) is 4.70. The van der Waals surface area contributed by atoms with Crippen molar-refractivity contribution in [3.05, 3.63) is 83.2 Å². The first-order chi connectivity index (χ1) is 15.1. The second kappa shape index (κ2) is 7.54. The number of ether oxygens (including phenoxy) is 3. The number of Topliss-reactive ketones (excluding diaryl/α,β-unsaturated/α-hetero) is 1. The molecule has 0 N–H and O–H groups in total. The number of aromatic nitrogens is 1. The minimum atomic E-state index is -0.478. The molecule has 1 saturated carbocycles. The van der Waals surface area contributed by atoms with Crippen LogP contribution in [0, 0.1) is 0 Å². The highest BCUT2D eigenvalue weighted by atomic mass is 16.7. The summed E-state index contributed by atoms with van der Waals surface area (Å²) < 4.78 is 16.1. The Morgan fingerprint density at radius 1 is 1.03 bits per heavy atom. The fraction of sp³-hybridized carbons (Fsp3) is 0.240. The number of para-hydroxylation sites is 1. The van der Waals surface area contributed by atoms with Crippen LogP contribution in [0.5, 0.6) is 17.2 Å². The molecule has 0 amide bonds. The summed E-state index contributed by atoms with van der Waals surface area (Å²) in [5, 5.41) is 0. The molecule has 0 radical (unpaired) electrons. The van der Waals surface area contributed by atoms with E-state index in [1.165, 1.54) is 13.3 Å². The predicted octanol–water partition coefficient (Wildman–Crippen LogP) is 3.89. The van der Waals surface area contributed by atoms with Crippen molar-refractivity contribution in [3.8, 4) is 17.2 Å². The van der Waals surface area contributed by atoms with Gasteiger partial charge in [-0.3, -0.25) is 14.6 Å². The molecule has 0 saturated heterocycles. The van der Waals surface area contributed by atoms with Gasteiger partial charge in [-0.2, -0.15) is 0 Å². The van der Waals surface area contributed by atoms with Gasteiger partial charge < -0.3 is 14.2 Å². The van der Waals surface area contributed by atoms with Crippen molar-refractivity contribution < 1.29 is 23.8 Å². The van der Waals surface area contributed by atoms with Crippen molar-refractivity contribution >= 4 is 11.6 Å².